The third-order valence-corrected chi connectivity index (χ3v) is 3.28. The van der Waals surface area contributed by atoms with Crippen molar-refractivity contribution in [2.45, 2.75) is 32.9 Å². The Kier molecular flexibility index (Phi) is 4.27. The Labute approximate surface area is 114 Å². The summed E-state index contributed by atoms with van der Waals surface area (Å²) in [5, 5.41) is 10.1. The second-order valence-electron chi connectivity index (χ2n) is 4.85. The zero-order valence-electron chi connectivity index (χ0n) is 11.8. The predicted molar refractivity (Wildman–Crippen MR) is 77.2 cm³/mol. The minimum absolute atomic E-state index is 0.419. The molecule has 3 heteroatoms. The smallest absolute Gasteiger partial charge is 0.123 e. The molecule has 0 saturated heterocycles. The van der Waals surface area contributed by atoms with E-state index in [1.54, 1.807) is 0 Å². The number of aryl methyl sites for hydroxylation is 1. The highest BCUT2D eigenvalue weighted by molar-refractivity contribution is 5.54. The number of hydrogen-bond donors (Lipinski definition) is 1. The van der Waals surface area contributed by atoms with Crippen molar-refractivity contribution in [2.24, 2.45) is 0 Å². The van der Waals surface area contributed by atoms with Crippen LogP contribution in [0.2, 0.25) is 0 Å². The lowest BCUT2D eigenvalue weighted by molar-refractivity contribution is 0.174. The van der Waals surface area contributed by atoms with Crippen molar-refractivity contribution >= 4 is 5.69 Å². The van der Waals surface area contributed by atoms with Gasteiger partial charge in [0.1, 0.15) is 11.5 Å². The van der Waals surface area contributed by atoms with Crippen LogP contribution in [0, 0.1) is 6.92 Å². The molecule has 0 unspecified atom stereocenters. The van der Waals surface area contributed by atoms with Crippen molar-refractivity contribution in [2.75, 3.05) is 11.9 Å². The van der Waals surface area contributed by atoms with Gasteiger partial charge in [-0.25, -0.2) is 0 Å². The number of hydrogen-bond acceptors (Lipinski definition) is 3. The molecule has 1 N–H and O–H groups in total. The molecule has 2 aromatic rings. The van der Waals surface area contributed by atoms with E-state index in [1.807, 2.05) is 57.3 Å². The molecule has 0 fully saturated rings. The number of furan rings is 1. The third kappa shape index (κ3) is 3.18. The molecule has 1 heterocycles. The second kappa shape index (κ2) is 5.93. The molecule has 1 aromatic carbocycles. The zero-order valence-corrected chi connectivity index (χ0v) is 11.8. The van der Waals surface area contributed by atoms with E-state index in [-0.39, 0.29) is 0 Å². The summed E-state index contributed by atoms with van der Waals surface area (Å²) >= 11 is 0. The van der Waals surface area contributed by atoms with E-state index >= 15 is 0 Å². The van der Waals surface area contributed by atoms with Crippen molar-refractivity contribution in [3.05, 3.63) is 53.5 Å². The normalized spacial score (nSPS) is 12.4. The van der Waals surface area contributed by atoms with Crippen LogP contribution < -0.4 is 4.90 Å². The van der Waals surface area contributed by atoms with Gasteiger partial charge in [0, 0.05) is 18.3 Å². The fraction of sp³-hybridized carbons (Fsp3) is 0.375. The highest BCUT2D eigenvalue weighted by Gasteiger charge is 2.14. The topological polar surface area (TPSA) is 36.6 Å². The highest BCUT2D eigenvalue weighted by Crippen LogP contribution is 2.28. The molecule has 2 rings (SSSR count). The minimum Gasteiger partial charge on any atom is -0.464 e. The summed E-state index contributed by atoms with van der Waals surface area (Å²) in [5.41, 5.74) is 2.02. The van der Waals surface area contributed by atoms with Gasteiger partial charge in [-0.3, -0.25) is 0 Å². The van der Waals surface area contributed by atoms with E-state index in [1.165, 1.54) is 0 Å². The van der Waals surface area contributed by atoms with Gasteiger partial charge in [-0.15, -0.1) is 0 Å². The Morgan fingerprint density at radius 3 is 2.58 bits per heavy atom. The Hall–Kier alpha value is -1.74. The summed E-state index contributed by atoms with van der Waals surface area (Å²) in [5.74, 6) is 1.85. The summed E-state index contributed by atoms with van der Waals surface area (Å²) in [7, 11) is 2.01. The van der Waals surface area contributed by atoms with E-state index in [0.29, 0.717) is 13.0 Å². The fourth-order valence-corrected chi connectivity index (χ4v) is 2.23. The van der Waals surface area contributed by atoms with Gasteiger partial charge < -0.3 is 14.4 Å². The first kappa shape index (κ1) is 13.7. The van der Waals surface area contributed by atoms with Crippen LogP contribution in [0.25, 0.3) is 0 Å². The molecule has 19 heavy (non-hydrogen) atoms. The van der Waals surface area contributed by atoms with Crippen LogP contribution in [0.1, 0.15) is 36.5 Å². The molecule has 102 valence electrons. The number of nitrogens with zero attached hydrogens (tertiary/aromatic N) is 1. The van der Waals surface area contributed by atoms with Gasteiger partial charge in [-0.05, 0) is 31.5 Å². The number of benzene rings is 1. The summed E-state index contributed by atoms with van der Waals surface area (Å²) in [6, 6.07) is 11.9. The summed E-state index contributed by atoms with van der Waals surface area (Å²) < 4.78 is 5.60. The largest absolute Gasteiger partial charge is 0.464 e. The standard InChI is InChI=1S/C16H21NO2/c1-4-16(18)14-7-5-6-8-15(14)17(3)11-13-10-9-12(2)19-13/h5-10,16,18H,4,11H2,1-3H3/t16-/m1/s1. The number of aliphatic hydroxyl groups excluding tert-OH is 1. The summed E-state index contributed by atoms with van der Waals surface area (Å²) in [6.07, 6.45) is 0.294. The first-order valence-electron chi connectivity index (χ1n) is 6.65. The van der Waals surface area contributed by atoms with Crippen molar-refractivity contribution < 1.29 is 9.52 Å². The van der Waals surface area contributed by atoms with Crippen LogP contribution in [0.3, 0.4) is 0 Å². The van der Waals surface area contributed by atoms with Crippen LogP contribution in [-0.2, 0) is 6.54 Å². The van der Waals surface area contributed by atoms with E-state index in [9.17, 15) is 5.11 Å². The average Bonchev–Trinajstić information content (AvgIpc) is 2.83. The molecular weight excluding hydrogens is 238 g/mol. The number of aliphatic hydroxyl groups is 1. The van der Waals surface area contributed by atoms with E-state index in [0.717, 1.165) is 22.8 Å². The monoisotopic (exact) mass is 259 g/mol. The van der Waals surface area contributed by atoms with Gasteiger partial charge in [-0.2, -0.15) is 0 Å². The van der Waals surface area contributed by atoms with Crippen molar-refractivity contribution in [1.82, 2.24) is 0 Å². The number of rotatable bonds is 5. The lowest BCUT2D eigenvalue weighted by Gasteiger charge is -2.23. The quantitative estimate of drug-likeness (QED) is 0.890. The minimum atomic E-state index is -0.419. The molecule has 3 nitrogen and oxygen atoms in total. The molecule has 0 aliphatic rings. The first-order valence-corrected chi connectivity index (χ1v) is 6.65. The average molecular weight is 259 g/mol. The predicted octanol–water partition coefficient (Wildman–Crippen LogP) is 3.67. The van der Waals surface area contributed by atoms with E-state index in [4.69, 9.17) is 4.42 Å². The molecule has 0 aliphatic heterocycles. The van der Waals surface area contributed by atoms with Crippen molar-refractivity contribution in [3.8, 4) is 0 Å². The maximum atomic E-state index is 10.1. The van der Waals surface area contributed by atoms with Crippen LogP contribution >= 0.6 is 0 Å². The molecule has 0 spiro atoms. The van der Waals surface area contributed by atoms with Crippen LogP contribution in [0.4, 0.5) is 5.69 Å². The van der Waals surface area contributed by atoms with E-state index < -0.39 is 6.10 Å². The van der Waals surface area contributed by atoms with Gasteiger partial charge in [0.15, 0.2) is 0 Å². The van der Waals surface area contributed by atoms with Crippen LogP contribution in [-0.4, -0.2) is 12.2 Å². The van der Waals surface area contributed by atoms with Crippen LogP contribution in [0.15, 0.2) is 40.8 Å². The molecule has 1 aromatic heterocycles. The Morgan fingerprint density at radius 2 is 1.95 bits per heavy atom. The summed E-state index contributed by atoms with van der Waals surface area (Å²) in [6.45, 7) is 4.62. The molecule has 1 atom stereocenters. The zero-order chi connectivity index (χ0) is 13.8. The number of para-hydroxylation sites is 1. The lowest BCUT2D eigenvalue weighted by atomic mass is 10.0. The van der Waals surface area contributed by atoms with Gasteiger partial charge in [0.25, 0.3) is 0 Å². The molecule has 0 radical (unpaired) electrons. The molecule has 0 aliphatic carbocycles. The summed E-state index contributed by atoms with van der Waals surface area (Å²) in [4.78, 5) is 2.10. The fourth-order valence-electron chi connectivity index (χ4n) is 2.23. The lowest BCUT2D eigenvalue weighted by Crippen LogP contribution is -2.18. The van der Waals surface area contributed by atoms with Gasteiger partial charge in [0.2, 0.25) is 0 Å². The second-order valence-corrected chi connectivity index (χ2v) is 4.85. The molecule has 0 amide bonds. The molecule has 0 saturated carbocycles. The molecular formula is C16H21NO2. The first-order chi connectivity index (χ1) is 9.11. The van der Waals surface area contributed by atoms with Gasteiger partial charge >= 0.3 is 0 Å². The van der Waals surface area contributed by atoms with Crippen LogP contribution in [0.5, 0.6) is 0 Å². The third-order valence-electron chi connectivity index (χ3n) is 3.28. The Morgan fingerprint density at radius 1 is 1.21 bits per heavy atom. The van der Waals surface area contributed by atoms with Gasteiger partial charge in [0.05, 0.1) is 12.6 Å². The molecule has 0 bridgehead atoms. The highest BCUT2D eigenvalue weighted by atomic mass is 16.3. The number of anilines is 1. The van der Waals surface area contributed by atoms with Crippen molar-refractivity contribution in [1.29, 1.82) is 0 Å². The van der Waals surface area contributed by atoms with E-state index in [2.05, 4.69) is 4.90 Å². The maximum Gasteiger partial charge on any atom is 0.123 e. The maximum absolute atomic E-state index is 10.1. The Bertz CT molecular complexity index is 533. The van der Waals surface area contributed by atoms with Gasteiger partial charge in [-0.1, -0.05) is 25.1 Å². The Balaban J connectivity index is 2.21. The SMILES string of the molecule is CC[C@@H](O)c1ccccc1N(C)Cc1ccc(C)o1. The van der Waals surface area contributed by atoms with Crippen molar-refractivity contribution in [3.63, 3.8) is 0 Å².